The molecule has 4 nitrogen and oxygen atoms in total. The predicted octanol–water partition coefficient (Wildman–Crippen LogP) is 1.27. The summed E-state index contributed by atoms with van der Waals surface area (Å²) in [7, 11) is 0. The first-order chi connectivity index (χ1) is 8.29. The Morgan fingerprint density at radius 3 is 2.29 bits per heavy atom. The van der Waals surface area contributed by atoms with Crippen LogP contribution in [0.3, 0.4) is 0 Å². The smallest absolute Gasteiger partial charge is 0.225 e. The van der Waals surface area contributed by atoms with Crippen molar-refractivity contribution in [1.82, 2.24) is 9.97 Å². The molecule has 2 unspecified atom stereocenters. The van der Waals surface area contributed by atoms with Crippen LogP contribution in [0.4, 0.5) is 5.95 Å². The predicted molar refractivity (Wildman–Crippen MR) is 67.9 cm³/mol. The van der Waals surface area contributed by atoms with Crippen molar-refractivity contribution in [3.05, 3.63) is 31.1 Å². The lowest BCUT2D eigenvalue weighted by Gasteiger charge is -2.18. The van der Waals surface area contributed by atoms with Crippen molar-refractivity contribution in [2.75, 3.05) is 18.0 Å². The molecule has 1 aliphatic carbocycles. The van der Waals surface area contributed by atoms with Crippen molar-refractivity contribution in [2.24, 2.45) is 11.8 Å². The Morgan fingerprint density at radius 1 is 1.29 bits per heavy atom. The molecule has 1 aromatic rings. The minimum Gasteiger partial charge on any atom is -0.392 e. The number of fused-ring (bicyclic) bond motifs is 1. The summed E-state index contributed by atoms with van der Waals surface area (Å²) in [6.45, 7) is 9.92. The molecule has 1 aromatic heterocycles. The van der Waals surface area contributed by atoms with Crippen molar-refractivity contribution >= 4 is 5.95 Å². The molecule has 0 amide bonds. The lowest BCUT2D eigenvalue weighted by Crippen LogP contribution is -2.26. The Morgan fingerprint density at radius 2 is 1.82 bits per heavy atom. The number of anilines is 1. The summed E-state index contributed by atoms with van der Waals surface area (Å²) in [5.41, 5.74) is 1.17. The van der Waals surface area contributed by atoms with Gasteiger partial charge in [-0.15, -0.1) is 13.2 Å². The summed E-state index contributed by atoms with van der Waals surface area (Å²) >= 11 is 0. The number of aromatic nitrogens is 2. The second kappa shape index (κ2) is 4.84. The zero-order valence-corrected chi connectivity index (χ0v) is 10.2. The minimum absolute atomic E-state index is 0.0591. The van der Waals surface area contributed by atoms with E-state index >= 15 is 0 Å². The Balaban J connectivity index is 0.000000514. The van der Waals surface area contributed by atoms with Gasteiger partial charge in [0.25, 0.3) is 0 Å². The molecule has 1 N–H and O–H groups in total. The van der Waals surface area contributed by atoms with E-state index in [1.165, 1.54) is 5.56 Å². The molecule has 1 aliphatic heterocycles. The molecule has 2 aliphatic rings. The molecule has 0 aromatic carbocycles. The highest BCUT2D eigenvalue weighted by Gasteiger charge is 2.55. The van der Waals surface area contributed by atoms with Crippen LogP contribution in [0.15, 0.2) is 25.6 Å². The van der Waals surface area contributed by atoms with Crippen molar-refractivity contribution in [1.29, 1.82) is 0 Å². The number of hydrogen-bond donors (Lipinski definition) is 1. The molecule has 0 radical (unpaired) electrons. The summed E-state index contributed by atoms with van der Waals surface area (Å²) in [5, 5.41) is 9.43. The van der Waals surface area contributed by atoms with Crippen molar-refractivity contribution in [3.63, 3.8) is 0 Å². The van der Waals surface area contributed by atoms with Crippen molar-refractivity contribution in [2.45, 2.75) is 19.4 Å². The highest BCUT2D eigenvalue weighted by atomic mass is 16.3. The molecule has 0 spiro atoms. The molecule has 17 heavy (non-hydrogen) atoms. The van der Waals surface area contributed by atoms with Crippen LogP contribution >= 0.6 is 0 Å². The Hall–Kier alpha value is -1.42. The van der Waals surface area contributed by atoms with Crippen LogP contribution in [0.1, 0.15) is 12.5 Å². The number of rotatable bonds is 2. The number of nitrogens with zero attached hydrogens (tertiary/aromatic N) is 3. The zero-order valence-electron chi connectivity index (χ0n) is 10.2. The zero-order chi connectivity index (χ0) is 12.4. The standard InChI is InChI=1S/C11H15N3O.C2H4/c1-2-7-3-12-11(13-4-7)14-5-8-9(6-14)10(8)15;1-2/h3-4,8-10,15H,2,5-6H2,1H3;1-2H2. The van der Waals surface area contributed by atoms with Gasteiger partial charge >= 0.3 is 0 Å². The molecular weight excluding hydrogens is 214 g/mol. The fraction of sp³-hybridized carbons (Fsp3) is 0.538. The summed E-state index contributed by atoms with van der Waals surface area (Å²) in [4.78, 5) is 10.9. The summed E-state index contributed by atoms with van der Waals surface area (Å²) in [6, 6.07) is 0. The van der Waals surface area contributed by atoms with E-state index in [-0.39, 0.29) is 6.10 Å². The van der Waals surface area contributed by atoms with Gasteiger partial charge in [0.1, 0.15) is 0 Å². The fourth-order valence-corrected chi connectivity index (χ4v) is 2.35. The number of aliphatic hydroxyl groups is 1. The number of aryl methyl sites for hydroxylation is 1. The van der Waals surface area contributed by atoms with Gasteiger partial charge in [0.05, 0.1) is 6.10 Å². The Kier molecular flexibility index (Phi) is 3.43. The lowest BCUT2D eigenvalue weighted by molar-refractivity contribution is 0.241. The average molecular weight is 233 g/mol. The molecule has 2 atom stereocenters. The van der Waals surface area contributed by atoms with E-state index in [1.54, 1.807) is 0 Å². The van der Waals surface area contributed by atoms with Crippen LogP contribution in [-0.2, 0) is 6.42 Å². The van der Waals surface area contributed by atoms with E-state index in [1.807, 2.05) is 12.4 Å². The van der Waals surface area contributed by atoms with Crippen LogP contribution in [-0.4, -0.2) is 34.3 Å². The van der Waals surface area contributed by atoms with Gasteiger partial charge in [-0.2, -0.15) is 0 Å². The van der Waals surface area contributed by atoms with Gasteiger partial charge in [-0.1, -0.05) is 6.92 Å². The summed E-state index contributed by atoms with van der Waals surface area (Å²) < 4.78 is 0. The largest absolute Gasteiger partial charge is 0.392 e. The van der Waals surface area contributed by atoms with Crippen LogP contribution in [0, 0.1) is 11.8 Å². The fourth-order valence-electron chi connectivity index (χ4n) is 2.35. The lowest BCUT2D eigenvalue weighted by atomic mass is 10.3. The maximum absolute atomic E-state index is 9.43. The molecule has 92 valence electrons. The molecule has 2 heterocycles. The summed E-state index contributed by atoms with van der Waals surface area (Å²) in [6.07, 6.45) is 4.70. The quantitative estimate of drug-likeness (QED) is 0.781. The molecule has 0 bridgehead atoms. The number of hydrogen-bond acceptors (Lipinski definition) is 4. The third-order valence-electron chi connectivity index (χ3n) is 3.53. The van der Waals surface area contributed by atoms with Gasteiger partial charge in [0.2, 0.25) is 5.95 Å². The van der Waals surface area contributed by atoms with Gasteiger partial charge in [0, 0.05) is 37.3 Å². The minimum atomic E-state index is -0.0591. The molecule has 4 heteroatoms. The third kappa shape index (κ3) is 2.17. The maximum Gasteiger partial charge on any atom is 0.225 e. The van der Waals surface area contributed by atoms with Gasteiger partial charge < -0.3 is 10.0 Å². The molecule has 1 saturated carbocycles. The maximum atomic E-state index is 9.43. The van der Waals surface area contributed by atoms with E-state index in [9.17, 15) is 5.11 Å². The normalized spacial score (nSPS) is 29.3. The van der Waals surface area contributed by atoms with Crippen LogP contribution in [0.2, 0.25) is 0 Å². The van der Waals surface area contributed by atoms with Gasteiger partial charge in [0.15, 0.2) is 0 Å². The number of aliphatic hydroxyl groups excluding tert-OH is 1. The summed E-state index contributed by atoms with van der Waals surface area (Å²) in [5.74, 6) is 1.76. The number of piperidine rings is 1. The van der Waals surface area contributed by atoms with Crippen molar-refractivity contribution < 1.29 is 5.11 Å². The van der Waals surface area contributed by atoms with Crippen molar-refractivity contribution in [3.8, 4) is 0 Å². The van der Waals surface area contributed by atoms with E-state index < -0.39 is 0 Å². The van der Waals surface area contributed by atoms with E-state index in [0.717, 1.165) is 25.5 Å². The highest BCUT2D eigenvalue weighted by molar-refractivity contribution is 5.35. The second-order valence-electron chi connectivity index (χ2n) is 4.47. The highest BCUT2D eigenvalue weighted by Crippen LogP contribution is 2.45. The van der Waals surface area contributed by atoms with Crippen LogP contribution in [0.5, 0.6) is 0 Å². The third-order valence-corrected chi connectivity index (χ3v) is 3.53. The van der Waals surface area contributed by atoms with Crippen LogP contribution in [0.25, 0.3) is 0 Å². The van der Waals surface area contributed by atoms with E-state index in [4.69, 9.17) is 0 Å². The molecular formula is C13H19N3O. The SMILES string of the molecule is C=C.CCc1cnc(N2CC3C(O)C3C2)nc1. The Labute approximate surface area is 102 Å². The van der Waals surface area contributed by atoms with Gasteiger partial charge in [-0.3, -0.25) is 0 Å². The monoisotopic (exact) mass is 233 g/mol. The first-order valence-electron chi connectivity index (χ1n) is 6.03. The first-order valence-corrected chi connectivity index (χ1v) is 6.03. The van der Waals surface area contributed by atoms with Gasteiger partial charge in [-0.05, 0) is 12.0 Å². The van der Waals surface area contributed by atoms with E-state index in [2.05, 4.69) is 34.9 Å². The van der Waals surface area contributed by atoms with E-state index in [0.29, 0.717) is 11.8 Å². The van der Waals surface area contributed by atoms with Crippen LogP contribution < -0.4 is 4.90 Å². The molecule has 2 fully saturated rings. The average Bonchev–Trinajstić information content (AvgIpc) is 2.84. The molecule has 3 rings (SSSR count). The Bertz CT molecular complexity index is 367. The topological polar surface area (TPSA) is 49.2 Å². The first kappa shape index (κ1) is 12.0. The molecule has 1 saturated heterocycles. The van der Waals surface area contributed by atoms with Gasteiger partial charge in [-0.25, -0.2) is 9.97 Å². The second-order valence-corrected chi connectivity index (χ2v) is 4.47.